The van der Waals surface area contributed by atoms with Gasteiger partial charge in [-0.15, -0.1) is 11.8 Å². The molecule has 2 aliphatic heterocycles. The Morgan fingerprint density at radius 3 is 2.80 bits per heavy atom. The predicted octanol–water partition coefficient (Wildman–Crippen LogP) is 3.52. The fourth-order valence-corrected chi connectivity index (χ4v) is 4.12. The maximum atomic E-state index is 12.8. The van der Waals surface area contributed by atoms with Gasteiger partial charge in [0.25, 0.3) is 0 Å². The minimum Gasteiger partial charge on any atom is -0.375 e. The SMILES string of the molecule is CSc1ccccc1NC(=O)N1CCCO[C@H](CN2CCCCC2)C1. The van der Waals surface area contributed by atoms with Crippen molar-refractivity contribution >= 4 is 23.5 Å². The van der Waals surface area contributed by atoms with Crippen molar-refractivity contribution in [3.63, 3.8) is 0 Å². The zero-order valence-corrected chi connectivity index (χ0v) is 15.9. The summed E-state index contributed by atoms with van der Waals surface area (Å²) in [6, 6.07) is 7.93. The number of rotatable bonds is 4. The van der Waals surface area contributed by atoms with Crippen LogP contribution in [0.3, 0.4) is 0 Å². The van der Waals surface area contributed by atoms with Crippen LogP contribution in [0.25, 0.3) is 0 Å². The van der Waals surface area contributed by atoms with Crippen LogP contribution in [0.2, 0.25) is 0 Å². The molecule has 0 aliphatic carbocycles. The summed E-state index contributed by atoms with van der Waals surface area (Å²) in [6.07, 6.45) is 6.94. The van der Waals surface area contributed by atoms with Crippen molar-refractivity contribution in [2.75, 3.05) is 50.9 Å². The number of thioether (sulfide) groups is 1. The molecule has 0 radical (unpaired) electrons. The average Bonchev–Trinajstić information content (AvgIpc) is 2.89. The van der Waals surface area contributed by atoms with Crippen molar-refractivity contribution in [1.29, 1.82) is 0 Å². The molecule has 1 aromatic rings. The van der Waals surface area contributed by atoms with Crippen LogP contribution in [0, 0.1) is 0 Å². The third-order valence-corrected chi connectivity index (χ3v) is 5.69. The van der Waals surface area contributed by atoms with E-state index in [1.165, 1.54) is 19.3 Å². The number of amides is 2. The molecule has 0 unspecified atom stereocenters. The van der Waals surface area contributed by atoms with Crippen molar-refractivity contribution < 1.29 is 9.53 Å². The summed E-state index contributed by atoms with van der Waals surface area (Å²) in [5.41, 5.74) is 0.887. The molecule has 2 aliphatic rings. The molecule has 1 atom stereocenters. The number of hydrogen-bond acceptors (Lipinski definition) is 4. The van der Waals surface area contributed by atoms with E-state index in [0.717, 1.165) is 49.8 Å². The number of likely N-dealkylation sites (tertiary alicyclic amines) is 1. The molecule has 2 amide bonds. The molecule has 2 heterocycles. The second-order valence-electron chi connectivity index (χ2n) is 6.78. The topological polar surface area (TPSA) is 44.8 Å². The fraction of sp³-hybridized carbons (Fsp3) is 0.632. The summed E-state index contributed by atoms with van der Waals surface area (Å²) in [5, 5.41) is 3.08. The van der Waals surface area contributed by atoms with E-state index in [-0.39, 0.29) is 12.1 Å². The van der Waals surface area contributed by atoms with Gasteiger partial charge in [0.05, 0.1) is 11.8 Å². The number of benzene rings is 1. The van der Waals surface area contributed by atoms with Crippen molar-refractivity contribution in [2.45, 2.75) is 36.7 Å². The van der Waals surface area contributed by atoms with Crippen LogP contribution >= 0.6 is 11.8 Å². The lowest BCUT2D eigenvalue weighted by Crippen LogP contribution is -2.45. The first kappa shape index (κ1) is 18.5. The van der Waals surface area contributed by atoms with Crippen LogP contribution in [-0.4, -0.2) is 67.5 Å². The molecule has 138 valence electrons. The lowest BCUT2D eigenvalue weighted by atomic mass is 10.1. The zero-order valence-electron chi connectivity index (χ0n) is 15.1. The third kappa shape index (κ3) is 5.36. The molecule has 2 saturated heterocycles. The first-order valence-corrected chi connectivity index (χ1v) is 10.5. The Kier molecular flexibility index (Phi) is 7.02. The quantitative estimate of drug-likeness (QED) is 0.832. The molecule has 0 bridgehead atoms. The number of ether oxygens (including phenoxy) is 1. The molecule has 0 aromatic heterocycles. The third-order valence-electron chi connectivity index (χ3n) is 4.90. The highest BCUT2D eigenvalue weighted by molar-refractivity contribution is 7.98. The first-order chi connectivity index (χ1) is 12.3. The van der Waals surface area contributed by atoms with Gasteiger partial charge in [0.15, 0.2) is 0 Å². The van der Waals surface area contributed by atoms with Crippen LogP contribution in [0.5, 0.6) is 0 Å². The van der Waals surface area contributed by atoms with Crippen molar-refractivity contribution in [3.05, 3.63) is 24.3 Å². The highest BCUT2D eigenvalue weighted by Crippen LogP contribution is 2.25. The molecule has 0 spiro atoms. The van der Waals surface area contributed by atoms with E-state index in [1.807, 2.05) is 35.4 Å². The van der Waals surface area contributed by atoms with Gasteiger partial charge >= 0.3 is 6.03 Å². The van der Waals surface area contributed by atoms with E-state index >= 15 is 0 Å². The van der Waals surface area contributed by atoms with Crippen LogP contribution in [0.15, 0.2) is 29.2 Å². The number of carbonyl (C=O) groups is 1. The Morgan fingerprint density at radius 1 is 1.20 bits per heavy atom. The van der Waals surface area contributed by atoms with E-state index in [1.54, 1.807) is 11.8 Å². The number of urea groups is 1. The Morgan fingerprint density at radius 2 is 2.00 bits per heavy atom. The number of para-hydroxylation sites is 1. The summed E-state index contributed by atoms with van der Waals surface area (Å²) in [7, 11) is 0. The van der Waals surface area contributed by atoms with Crippen LogP contribution < -0.4 is 5.32 Å². The molecule has 1 aromatic carbocycles. The van der Waals surface area contributed by atoms with Gasteiger partial charge in [-0.3, -0.25) is 0 Å². The number of nitrogens with zero attached hydrogens (tertiary/aromatic N) is 2. The minimum absolute atomic E-state index is 0.0179. The van der Waals surface area contributed by atoms with Crippen molar-refractivity contribution in [3.8, 4) is 0 Å². The fourth-order valence-electron chi connectivity index (χ4n) is 3.56. The average molecular weight is 364 g/mol. The molecule has 3 rings (SSSR count). The molecule has 25 heavy (non-hydrogen) atoms. The van der Waals surface area contributed by atoms with Crippen LogP contribution in [-0.2, 0) is 4.74 Å². The van der Waals surface area contributed by atoms with E-state index in [4.69, 9.17) is 4.74 Å². The van der Waals surface area contributed by atoms with Crippen molar-refractivity contribution in [2.24, 2.45) is 0 Å². The zero-order chi connectivity index (χ0) is 17.5. The summed E-state index contributed by atoms with van der Waals surface area (Å²) in [4.78, 5) is 18.3. The maximum absolute atomic E-state index is 12.8. The smallest absolute Gasteiger partial charge is 0.321 e. The monoisotopic (exact) mass is 363 g/mol. The normalized spacial score (nSPS) is 22.4. The van der Waals surface area contributed by atoms with Gasteiger partial charge in [0.1, 0.15) is 0 Å². The van der Waals surface area contributed by atoms with E-state index in [9.17, 15) is 4.79 Å². The number of piperidine rings is 1. The molecule has 5 nitrogen and oxygen atoms in total. The van der Waals surface area contributed by atoms with Crippen LogP contribution in [0.1, 0.15) is 25.7 Å². The van der Waals surface area contributed by atoms with Gasteiger partial charge in [-0.2, -0.15) is 0 Å². The standard InChI is InChI=1S/C19H29N3O2S/c1-25-18-9-4-3-8-17(18)20-19(23)22-12-7-13-24-16(15-22)14-21-10-5-2-6-11-21/h3-4,8-9,16H,2,5-7,10-15H2,1H3,(H,20,23)/t16-/m1/s1. The largest absolute Gasteiger partial charge is 0.375 e. The molecule has 0 saturated carbocycles. The highest BCUT2D eigenvalue weighted by Gasteiger charge is 2.25. The van der Waals surface area contributed by atoms with Gasteiger partial charge in [-0.25, -0.2) is 4.79 Å². The van der Waals surface area contributed by atoms with Gasteiger partial charge < -0.3 is 19.9 Å². The van der Waals surface area contributed by atoms with E-state index in [0.29, 0.717) is 6.54 Å². The molecule has 1 N–H and O–H groups in total. The summed E-state index contributed by atoms with van der Waals surface area (Å²) in [5.74, 6) is 0. The highest BCUT2D eigenvalue weighted by atomic mass is 32.2. The predicted molar refractivity (Wildman–Crippen MR) is 103 cm³/mol. The van der Waals surface area contributed by atoms with Gasteiger partial charge in [-0.1, -0.05) is 18.6 Å². The second kappa shape index (κ2) is 9.46. The lowest BCUT2D eigenvalue weighted by molar-refractivity contribution is 0.0261. The number of anilines is 1. The Labute approximate surface area is 155 Å². The summed E-state index contributed by atoms with van der Waals surface area (Å²) in [6.45, 7) is 5.42. The first-order valence-electron chi connectivity index (χ1n) is 9.29. The van der Waals surface area contributed by atoms with E-state index in [2.05, 4.69) is 10.2 Å². The number of nitrogens with one attached hydrogen (secondary N) is 1. The van der Waals surface area contributed by atoms with Gasteiger partial charge in [-0.05, 0) is 50.7 Å². The lowest BCUT2D eigenvalue weighted by Gasteiger charge is -2.31. The maximum Gasteiger partial charge on any atom is 0.321 e. The Balaban J connectivity index is 1.58. The second-order valence-corrected chi connectivity index (χ2v) is 7.63. The molecular weight excluding hydrogens is 334 g/mol. The van der Waals surface area contributed by atoms with Crippen molar-refractivity contribution in [1.82, 2.24) is 9.80 Å². The molecule has 2 fully saturated rings. The molecule has 6 heteroatoms. The van der Waals surface area contributed by atoms with Gasteiger partial charge in [0, 0.05) is 31.1 Å². The van der Waals surface area contributed by atoms with Gasteiger partial charge in [0.2, 0.25) is 0 Å². The number of hydrogen-bond donors (Lipinski definition) is 1. The molecular formula is C19H29N3O2S. The summed E-state index contributed by atoms with van der Waals surface area (Å²) >= 11 is 1.65. The summed E-state index contributed by atoms with van der Waals surface area (Å²) < 4.78 is 6.01. The minimum atomic E-state index is -0.0179. The van der Waals surface area contributed by atoms with E-state index < -0.39 is 0 Å². The number of carbonyl (C=O) groups excluding carboxylic acids is 1. The Bertz CT molecular complexity index is 563. The Hall–Kier alpha value is -1.24. The van der Waals surface area contributed by atoms with Crippen LogP contribution in [0.4, 0.5) is 10.5 Å².